The number of rotatable bonds is 7. The molecule has 0 saturated heterocycles. The van der Waals surface area contributed by atoms with Gasteiger partial charge in [0.15, 0.2) is 16.6 Å². The van der Waals surface area contributed by atoms with E-state index >= 15 is 0 Å². The topological polar surface area (TPSA) is 64.1 Å². The molecular weight excluding hydrogens is 374 g/mol. The van der Waals surface area contributed by atoms with Crippen LogP contribution in [0.4, 0.5) is 5.69 Å². The largest absolute Gasteiger partial charge is 0.497 e. The minimum atomic E-state index is 0.346. The van der Waals surface area contributed by atoms with E-state index in [1.54, 1.807) is 32.6 Å². The van der Waals surface area contributed by atoms with Crippen molar-refractivity contribution < 1.29 is 14.2 Å². The van der Waals surface area contributed by atoms with Crippen LogP contribution in [0.2, 0.25) is 5.02 Å². The molecule has 0 spiro atoms. The molecule has 0 radical (unpaired) electrons. The number of halogens is 1. The summed E-state index contributed by atoms with van der Waals surface area (Å²) < 4.78 is 16.0. The summed E-state index contributed by atoms with van der Waals surface area (Å²) >= 11 is 11.4. The zero-order chi connectivity index (χ0) is 18.9. The van der Waals surface area contributed by atoms with E-state index in [9.17, 15) is 0 Å². The van der Waals surface area contributed by atoms with Crippen molar-refractivity contribution in [3.63, 3.8) is 0 Å². The lowest BCUT2D eigenvalue weighted by Gasteiger charge is -2.12. The summed E-state index contributed by atoms with van der Waals surface area (Å²) in [4.78, 5) is 0. The zero-order valence-electron chi connectivity index (χ0n) is 14.7. The van der Waals surface area contributed by atoms with Crippen LogP contribution in [-0.4, -0.2) is 32.2 Å². The number of thiocarbonyl (C=S) groups is 1. The molecule has 0 saturated carbocycles. The van der Waals surface area contributed by atoms with Crippen LogP contribution in [0.1, 0.15) is 12.5 Å². The predicted molar refractivity (Wildman–Crippen MR) is 109 cm³/mol. The van der Waals surface area contributed by atoms with Crippen LogP contribution in [0.25, 0.3) is 0 Å². The highest BCUT2D eigenvalue weighted by molar-refractivity contribution is 7.80. The highest BCUT2D eigenvalue weighted by atomic mass is 35.5. The highest BCUT2D eigenvalue weighted by Gasteiger charge is 2.10. The van der Waals surface area contributed by atoms with E-state index in [1.807, 2.05) is 31.2 Å². The number of benzene rings is 2. The molecule has 2 rings (SSSR count). The first kappa shape index (κ1) is 19.8. The molecule has 0 aliphatic heterocycles. The standard InChI is InChI=1S/C18H20ClN3O3S/c1-4-25-17-15(19)8-12(9-16(17)24-3)11-20-22-18(26)21-13-6-5-7-14(10-13)23-2/h5-11H,4H2,1-3H3,(H2,21,22,26)/b20-11-. The fraction of sp³-hybridized carbons (Fsp3) is 0.222. The second-order valence-corrected chi connectivity index (χ2v) is 5.84. The van der Waals surface area contributed by atoms with E-state index in [0.717, 1.165) is 17.0 Å². The monoisotopic (exact) mass is 393 g/mol. The Balaban J connectivity index is 2.01. The fourth-order valence-corrected chi connectivity index (χ4v) is 2.57. The van der Waals surface area contributed by atoms with E-state index in [2.05, 4.69) is 15.8 Å². The number of hydrogen-bond acceptors (Lipinski definition) is 5. The maximum Gasteiger partial charge on any atom is 0.191 e. The van der Waals surface area contributed by atoms with Gasteiger partial charge in [-0.15, -0.1) is 0 Å². The SMILES string of the molecule is CCOc1c(Cl)cc(/C=N\NC(=S)Nc2cccc(OC)c2)cc1OC. The number of nitrogens with one attached hydrogen (secondary N) is 2. The Hall–Kier alpha value is -2.51. The number of anilines is 1. The van der Waals surface area contributed by atoms with Gasteiger partial charge in [0.05, 0.1) is 32.1 Å². The van der Waals surface area contributed by atoms with Crippen molar-refractivity contribution >= 4 is 40.8 Å². The van der Waals surface area contributed by atoms with Crippen LogP contribution in [-0.2, 0) is 0 Å². The van der Waals surface area contributed by atoms with Crippen molar-refractivity contribution in [3.05, 3.63) is 47.0 Å². The molecule has 6 nitrogen and oxygen atoms in total. The summed E-state index contributed by atoms with van der Waals surface area (Å²) in [5.74, 6) is 1.78. The van der Waals surface area contributed by atoms with E-state index in [-0.39, 0.29) is 0 Å². The van der Waals surface area contributed by atoms with Crippen molar-refractivity contribution in [1.82, 2.24) is 5.43 Å². The van der Waals surface area contributed by atoms with Crippen LogP contribution < -0.4 is 25.0 Å². The third kappa shape index (κ3) is 5.50. The highest BCUT2D eigenvalue weighted by Crippen LogP contribution is 2.35. The van der Waals surface area contributed by atoms with Crippen molar-refractivity contribution in [2.24, 2.45) is 5.10 Å². The Morgan fingerprint density at radius 3 is 2.73 bits per heavy atom. The molecule has 2 aromatic carbocycles. The first-order chi connectivity index (χ1) is 12.6. The summed E-state index contributed by atoms with van der Waals surface area (Å²) in [5, 5.41) is 7.92. The number of hydrogen-bond donors (Lipinski definition) is 2. The molecule has 2 aromatic rings. The Kier molecular flexibility index (Phi) is 7.50. The van der Waals surface area contributed by atoms with Gasteiger partial charge >= 0.3 is 0 Å². The summed E-state index contributed by atoms with van der Waals surface area (Å²) in [7, 11) is 3.16. The van der Waals surface area contributed by atoms with Gasteiger partial charge in [-0.25, -0.2) is 0 Å². The van der Waals surface area contributed by atoms with Gasteiger partial charge in [-0.1, -0.05) is 17.7 Å². The average molecular weight is 394 g/mol. The molecule has 138 valence electrons. The van der Waals surface area contributed by atoms with Gasteiger partial charge in [0.25, 0.3) is 0 Å². The lowest BCUT2D eigenvalue weighted by molar-refractivity contribution is 0.311. The van der Waals surface area contributed by atoms with E-state index < -0.39 is 0 Å². The minimum Gasteiger partial charge on any atom is -0.497 e. The smallest absolute Gasteiger partial charge is 0.191 e. The lowest BCUT2D eigenvalue weighted by atomic mass is 10.2. The zero-order valence-corrected chi connectivity index (χ0v) is 16.3. The normalized spacial score (nSPS) is 10.5. The van der Waals surface area contributed by atoms with Gasteiger partial charge in [0, 0.05) is 11.8 Å². The number of hydrazone groups is 1. The maximum absolute atomic E-state index is 6.23. The molecule has 26 heavy (non-hydrogen) atoms. The molecule has 0 aliphatic carbocycles. The Morgan fingerprint density at radius 1 is 1.23 bits per heavy atom. The summed E-state index contributed by atoms with van der Waals surface area (Å²) in [5.41, 5.74) is 4.28. The fourth-order valence-electron chi connectivity index (χ4n) is 2.12. The second kappa shape index (κ2) is 9.84. The van der Waals surface area contributed by atoms with Crippen LogP contribution >= 0.6 is 23.8 Å². The van der Waals surface area contributed by atoms with Gasteiger partial charge in [0.1, 0.15) is 5.75 Å². The third-order valence-corrected chi connectivity index (χ3v) is 3.72. The molecule has 0 atom stereocenters. The summed E-state index contributed by atoms with van der Waals surface area (Å²) in [6.45, 7) is 2.38. The summed E-state index contributed by atoms with van der Waals surface area (Å²) in [6.07, 6.45) is 1.59. The van der Waals surface area contributed by atoms with Crippen molar-refractivity contribution in [1.29, 1.82) is 0 Å². The minimum absolute atomic E-state index is 0.346. The van der Waals surface area contributed by atoms with Crippen molar-refractivity contribution in [2.75, 3.05) is 26.1 Å². The molecule has 0 fully saturated rings. The van der Waals surface area contributed by atoms with Gasteiger partial charge in [-0.3, -0.25) is 5.43 Å². The van der Waals surface area contributed by atoms with Crippen LogP contribution in [0.5, 0.6) is 17.2 Å². The predicted octanol–water partition coefficient (Wildman–Crippen LogP) is 4.08. The van der Waals surface area contributed by atoms with Crippen LogP contribution in [0.3, 0.4) is 0 Å². The Morgan fingerprint density at radius 2 is 2.04 bits per heavy atom. The van der Waals surface area contributed by atoms with Crippen LogP contribution in [0, 0.1) is 0 Å². The number of nitrogens with zero attached hydrogens (tertiary/aromatic N) is 1. The van der Waals surface area contributed by atoms with Gasteiger partial charge in [0.2, 0.25) is 0 Å². The first-order valence-corrected chi connectivity index (χ1v) is 8.60. The molecule has 0 unspecified atom stereocenters. The maximum atomic E-state index is 6.23. The average Bonchev–Trinajstić information content (AvgIpc) is 2.63. The first-order valence-electron chi connectivity index (χ1n) is 7.81. The number of methoxy groups -OCH3 is 2. The van der Waals surface area contributed by atoms with Gasteiger partial charge < -0.3 is 19.5 Å². The molecule has 0 amide bonds. The molecule has 2 N–H and O–H groups in total. The molecule has 0 aromatic heterocycles. The summed E-state index contributed by atoms with van der Waals surface area (Å²) in [6, 6.07) is 10.9. The molecule has 0 bridgehead atoms. The van der Waals surface area contributed by atoms with E-state index in [0.29, 0.717) is 28.2 Å². The van der Waals surface area contributed by atoms with E-state index in [4.69, 9.17) is 38.0 Å². The lowest BCUT2D eigenvalue weighted by Crippen LogP contribution is -2.23. The quantitative estimate of drug-likeness (QED) is 0.420. The molecular formula is C18H20ClN3O3S. The second-order valence-electron chi connectivity index (χ2n) is 5.02. The molecule has 0 aliphatic rings. The Bertz CT molecular complexity index is 799. The molecule has 0 heterocycles. The van der Waals surface area contributed by atoms with Crippen LogP contribution in [0.15, 0.2) is 41.5 Å². The van der Waals surface area contributed by atoms with Gasteiger partial charge in [-0.05, 0) is 49.0 Å². The van der Waals surface area contributed by atoms with Crippen molar-refractivity contribution in [3.8, 4) is 17.2 Å². The number of ether oxygens (including phenoxy) is 3. The van der Waals surface area contributed by atoms with Gasteiger partial charge in [-0.2, -0.15) is 5.10 Å². The van der Waals surface area contributed by atoms with E-state index in [1.165, 1.54) is 0 Å². The third-order valence-electron chi connectivity index (χ3n) is 3.25. The Labute approximate surface area is 163 Å². The molecule has 8 heteroatoms. The van der Waals surface area contributed by atoms with Crippen molar-refractivity contribution in [2.45, 2.75) is 6.92 Å².